The van der Waals surface area contributed by atoms with Gasteiger partial charge in [-0.05, 0) is 50.7 Å². The maximum atomic E-state index is 10.6. The van der Waals surface area contributed by atoms with Crippen LogP contribution in [0.3, 0.4) is 0 Å². The number of hydrogen-bond acceptors (Lipinski definition) is 5. The Morgan fingerprint density at radius 3 is 2.46 bits per heavy atom. The Bertz CT molecular complexity index is 626. The first-order valence-corrected chi connectivity index (χ1v) is 8.39. The van der Waals surface area contributed by atoms with Gasteiger partial charge in [0.2, 0.25) is 0 Å². The number of nitrogens with zero attached hydrogens (tertiary/aromatic N) is 3. The summed E-state index contributed by atoms with van der Waals surface area (Å²) in [5.74, 6) is 0. The van der Waals surface area contributed by atoms with Crippen LogP contribution in [0, 0.1) is 0 Å². The Morgan fingerprint density at radius 2 is 1.88 bits per heavy atom. The number of anilines is 1. The Morgan fingerprint density at radius 1 is 1.17 bits per heavy atom. The molecule has 5 nitrogen and oxygen atoms in total. The maximum Gasteiger partial charge on any atom is 0.168 e. The zero-order valence-corrected chi connectivity index (χ0v) is 15.3. The fourth-order valence-corrected chi connectivity index (χ4v) is 2.45. The van der Waals surface area contributed by atoms with Gasteiger partial charge < -0.3 is 10.2 Å². The molecule has 5 heteroatoms. The molecule has 0 saturated heterocycles. The van der Waals surface area contributed by atoms with Crippen LogP contribution in [0.2, 0.25) is 0 Å². The van der Waals surface area contributed by atoms with Crippen LogP contribution in [0.4, 0.5) is 5.69 Å². The van der Waals surface area contributed by atoms with E-state index < -0.39 is 0 Å². The zero-order valence-electron chi connectivity index (χ0n) is 15.3. The second-order valence-corrected chi connectivity index (χ2v) is 5.31. The van der Waals surface area contributed by atoms with Gasteiger partial charge in [0.25, 0.3) is 0 Å². The van der Waals surface area contributed by atoms with Crippen molar-refractivity contribution in [3.63, 3.8) is 0 Å². The van der Waals surface area contributed by atoms with E-state index in [2.05, 4.69) is 33.3 Å². The lowest BCUT2D eigenvalue weighted by atomic mass is 10.0. The minimum Gasteiger partial charge on any atom is -0.373 e. The summed E-state index contributed by atoms with van der Waals surface area (Å²) in [5.41, 5.74) is 4.85. The summed E-state index contributed by atoms with van der Waals surface area (Å²) in [7, 11) is 5.85. The van der Waals surface area contributed by atoms with Gasteiger partial charge >= 0.3 is 0 Å². The van der Waals surface area contributed by atoms with Crippen LogP contribution >= 0.6 is 0 Å². The molecule has 130 valence electrons. The van der Waals surface area contributed by atoms with Crippen LogP contribution in [-0.4, -0.2) is 43.9 Å². The molecule has 0 spiro atoms. The number of carbonyl (C=O) groups is 1. The maximum absolute atomic E-state index is 10.6. The number of fused-ring (bicyclic) bond motifs is 1. The van der Waals surface area contributed by atoms with E-state index >= 15 is 0 Å². The summed E-state index contributed by atoms with van der Waals surface area (Å²) in [6.45, 7) is 5.09. The van der Waals surface area contributed by atoms with Crippen molar-refractivity contribution in [1.29, 1.82) is 0 Å². The number of nitrogens with one attached hydrogen (secondary N) is 1. The Labute approximate surface area is 145 Å². The molecule has 0 bridgehead atoms. The third-order valence-corrected chi connectivity index (χ3v) is 3.52. The number of aldehydes is 1. The molecule has 1 aliphatic rings. The second kappa shape index (κ2) is 10.5. The second-order valence-electron chi connectivity index (χ2n) is 5.31. The van der Waals surface area contributed by atoms with Crippen molar-refractivity contribution in [2.75, 3.05) is 32.6 Å². The minimum atomic E-state index is 0.446. The Hall–Kier alpha value is -2.27. The first-order chi connectivity index (χ1) is 11.7. The van der Waals surface area contributed by atoms with Gasteiger partial charge in [-0.25, -0.2) is 0 Å². The average molecular weight is 328 g/mol. The van der Waals surface area contributed by atoms with Gasteiger partial charge in [-0.15, -0.1) is 0 Å². The zero-order chi connectivity index (χ0) is 17.9. The van der Waals surface area contributed by atoms with Crippen molar-refractivity contribution in [3.8, 4) is 11.3 Å². The van der Waals surface area contributed by atoms with Gasteiger partial charge in [-0.2, -0.15) is 0 Å². The van der Waals surface area contributed by atoms with Crippen molar-refractivity contribution in [3.05, 3.63) is 41.9 Å². The van der Waals surface area contributed by atoms with Crippen molar-refractivity contribution in [2.45, 2.75) is 26.7 Å². The molecule has 3 rings (SSSR count). The van der Waals surface area contributed by atoms with Crippen LogP contribution in [0.1, 0.15) is 36.3 Å². The first kappa shape index (κ1) is 19.8. The summed E-state index contributed by atoms with van der Waals surface area (Å²) < 4.78 is 0. The summed E-state index contributed by atoms with van der Waals surface area (Å²) in [4.78, 5) is 21.4. The van der Waals surface area contributed by atoms with Gasteiger partial charge in [0.1, 0.15) is 5.69 Å². The lowest BCUT2D eigenvalue weighted by Gasteiger charge is -2.27. The Kier molecular flexibility index (Phi) is 8.65. The highest BCUT2D eigenvalue weighted by molar-refractivity contribution is 5.73. The normalized spacial score (nSPS) is 12.1. The number of aryl methyl sites for hydroxylation is 1. The molecule has 2 aromatic rings. The van der Waals surface area contributed by atoms with Gasteiger partial charge in [0.05, 0.1) is 17.6 Å². The quantitative estimate of drug-likeness (QED) is 0.858. The monoisotopic (exact) mass is 328 g/mol. The van der Waals surface area contributed by atoms with E-state index in [4.69, 9.17) is 0 Å². The number of carbonyl (C=O) groups excluding carboxylic acids is 1. The van der Waals surface area contributed by atoms with E-state index in [-0.39, 0.29) is 0 Å². The smallest absolute Gasteiger partial charge is 0.168 e. The van der Waals surface area contributed by atoms with Crippen molar-refractivity contribution >= 4 is 12.0 Å². The van der Waals surface area contributed by atoms with Crippen molar-refractivity contribution in [2.24, 2.45) is 0 Å². The molecule has 0 fully saturated rings. The topological polar surface area (TPSA) is 58.1 Å². The highest BCUT2D eigenvalue weighted by Crippen LogP contribution is 2.28. The van der Waals surface area contributed by atoms with E-state index in [9.17, 15) is 4.79 Å². The summed E-state index contributed by atoms with van der Waals surface area (Å²) in [6.07, 6.45) is 6.64. The lowest BCUT2D eigenvalue weighted by molar-refractivity contribution is 0.111. The number of rotatable bonds is 2. The highest BCUT2D eigenvalue weighted by Gasteiger charge is 2.15. The third kappa shape index (κ3) is 5.13. The summed E-state index contributed by atoms with van der Waals surface area (Å²) in [5, 5.41) is 2.75. The largest absolute Gasteiger partial charge is 0.373 e. The molecule has 2 aromatic heterocycles. The molecule has 0 atom stereocenters. The van der Waals surface area contributed by atoms with Crippen LogP contribution < -0.4 is 10.2 Å². The molecule has 0 amide bonds. The standard InChI is InChI=1S/C15H15N3O.C2H7N.C2H6/c1-18-6-2-3-11-7-14(17-9-15(11)18)12-4-5-13(10-19)16-8-12;1-3-2;1-2/h4-5,7-10H,2-3,6H2,1H3;3H,1-2H3;1-2H3. The van der Waals surface area contributed by atoms with Gasteiger partial charge in [0.15, 0.2) is 6.29 Å². The fourth-order valence-electron chi connectivity index (χ4n) is 2.45. The fraction of sp³-hybridized carbons (Fsp3) is 0.421. The summed E-state index contributed by atoms with van der Waals surface area (Å²) in [6, 6.07) is 5.73. The molecule has 1 aliphatic heterocycles. The van der Waals surface area contributed by atoms with Crippen LogP contribution in [0.15, 0.2) is 30.6 Å². The molecule has 24 heavy (non-hydrogen) atoms. The van der Waals surface area contributed by atoms with Gasteiger partial charge in [0, 0.05) is 25.4 Å². The lowest BCUT2D eigenvalue weighted by Crippen LogP contribution is -2.24. The molecule has 3 heterocycles. The molecule has 0 saturated carbocycles. The summed E-state index contributed by atoms with van der Waals surface area (Å²) >= 11 is 0. The van der Waals surface area contributed by atoms with Gasteiger partial charge in [-0.1, -0.05) is 13.8 Å². The van der Waals surface area contributed by atoms with Crippen LogP contribution in [0.5, 0.6) is 0 Å². The molecular weight excluding hydrogens is 300 g/mol. The van der Waals surface area contributed by atoms with E-state index in [0.29, 0.717) is 5.69 Å². The minimum absolute atomic E-state index is 0.446. The Balaban J connectivity index is 0.000000521. The van der Waals surface area contributed by atoms with Crippen molar-refractivity contribution in [1.82, 2.24) is 15.3 Å². The van der Waals surface area contributed by atoms with E-state index in [1.165, 1.54) is 17.7 Å². The number of hydrogen-bond donors (Lipinski definition) is 1. The highest BCUT2D eigenvalue weighted by atomic mass is 16.1. The molecule has 0 aromatic carbocycles. The third-order valence-electron chi connectivity index (χ3n) is 3.52. The van der Waals surface area contributed by atoms with Crippen molar-refractivity contribution < 1.29 is 4.79 Å². The first-order valence-electron chi connectivity index (χ1n) is 8.39. The molecule has 0 unspecified atom stereocenters. The molecule has 0 aliphatic carbocycles. The van der Waals surface area contributed by atoms with Crippen LogP contribution in [0.25, 0.3) is 11.3 Å². The predicted molar refractivity (Wildman–Crippen MR) is 101 cm³/mol. The molecule has 1 N–H and O–H groups in total. The van der Waals surface area contributed by atoms with E-state index in [1.54, 1.807) is 12.3 Å². The SMILES string of the molecule is CC.CN1CCCc2cc(-c3ccc(C=O)nc3)ncc21.CNC. The average Bonchev–Trinajstić information content (AvgIpc) is 2.64. The van der Waals surface area contributed by atoms with E-state index in [0.717, 1.165) is 30.5 Å². The number of pyridine rings is 2. The number of aromatic nitrogens is 2. The van der Waals surface area contributed by atoms with Crippen LogP contribution in [-0.2, 0) is 6.42 Å². The van der Waals surface area contributed by atoms with Gasteiger partial charge in [-0.3, -0.25) is 14.8 Å². The molecular formula is C19H28N4O. The molecule has 0 radical (unpaired) electrons. The predicted octanol–water partition coefficient (Wildman–Crippen LogP) is 3.20. The van der Waals surface area contributed by atoms with E-state index in [1.807, 2.05) is 40.2 Å².